The number of amides is 1. The first-order valence-corrected chi connectivity index (χ1v) is 12.5. The molecular formula is C30H27N5O2. The normalized spacial score (nSPS) is 17.1. The van der Waals surface area contributed by atoms with E-state index in [2.05, 4.69) is 32.7 Å². The lowest BCUT2D eigenvalue weighted by Crippen LogP contribution is -2.49. The summed E-state index contributed by atoms with van der Waals surface area (Å²) in [5.41, 5.74) is 5.73. The minimum atomic E-state index is 0.114. The number of carbonyl (C=O) groups is 1. The van der Waals surface area contributed by atoms with E-state index < -0.39 is 0 Å². The number of carbonyl (C=O) groups excluding carboxylic acids is 1. The van der Waals surface area contributed by atoms with E-state index in [1.807, 2.05) is 72.6 Å². The lowest BCUT2D eigenvalue weighted by atomic mass is 9.98. The van der Waals surface area contributed by atoms with Gasteiger partial charge in [-0.2, -0.15) is 5.26 Å². The van der Waals surface area contributed by atoms with Gasteiger partial charge in [0.05, 0.1) is 17.8 Å². The fourth-order valence-corrected chi connectivity index (χ4v) is 5.17. The number of hydrogen-bond acceptors (Lipinski definition) is 5. The van der Waals surface area contributed by atoms with Gasteiger partial charge < -0.3 is 14.2 Å². The molecule has 4 heterocycles. The summed E-state index contributed by atoms with van der Waals surface area (Å²) in [6.45, 7) is 5.58. The molecule has 0 radical (unpaired) electrons. The minimum absolute atomic E-state index is 0.114. The standard InChI is InChI=1S/C30H27N5O2/c1-21-32-16-26-19-33-11-12-34(30(36)20-33)18-25-14-27(9-10-28(25)23-5-3-2-4-6-23)37-29-13-22(17-35(21)26)7-8-24(29)15-31/h2-10,13-14,16H,11-12,17-20H2,1H3. The Hall–Kier alpha value is -4.41. The van der Waals surface area contributed by atoms with Crippen molar-refractivity contribution in [2.45, 2.75) is 26.6 Å². The number of benzene rings is 3. The molecule has 184 valence electrons. The Labute approximate surface area is 216 Å². The van der Waals surface area contributed by atoms with E-state index in [1.54, 1.807) is 0 Å². The Morgan fingerprint density at radius 2 is 1.81 bits per heavy atom. The molecule has 0 aliphatic carbocycles. The molecule has 7 rings (SSSR count). The number of nitrogens with zero attached hydrogens (tertiary/aromatic N) is 5. The topological polar surface area (TPSA) is 74.4 Å². The largest absolute Gasteiger partial charge is 0.456 e. The van der Waals surface area contributed by atoms with Gasteiger partial charge in [-0.25, -0.2) is 4.98 Å². The molecule has 1 fully saturated rings. The van der Waals surface area contributed by atoms with Gasteiger partial charge in [0.2, 0.25) is 5.91 Å². The maximum Gasteiger partial charge on any atom is 0.237 e. The van der Waals surface area contributed by atoms with Crippen LogP contribution in [0.1, 0.15) is 28.2 Å². The zero-order valence-electron chi connectivity index (χ0n) is 20.7. The average Bonchev–Trinajstić information content (AvgIpc) is 3.24. The van der Waals surface area contributed by atoms with Crippen molar-refractivity contribution in [1.82, 2.24) is 19.4 Å². The van der Waals surface area contributed by atoms with Gasteiger partial charge in [0.1, 0.15) is 23.4 Å². The molecule has 7 heteroatoms. The Bertz CT molecular complexity index is 1520. The van der Waals surface area contributed by atoms with Crippen molar-refractivity contribution in [3.63, 3.8) is 0 Å². The van der Waals surface area contributed by atoms with Crippen molar-refractivity contribution < 1.29 is 9.53 Å². The van der Waals surface area contributed by atoms with Gasteiger partial charge >= 0.3 is 0 Å². The fourth-order valence-electron chi connectivity index (χ4n) is 5.17. The molecule has 1 unspecified atom stereocenters. The number of fused-ring (bicyclic) bond motifs is 2. The fraction of sp³-hybridized carbons (Fsp3) is 0.233. The van der Waals surface area contributed by atoms with E-state index in [0.717, 1.165) is 40.3 Å². The second-order valence-corrected chi connectivity index (χ2v) is 9.64. The van der Waals surface area contributed by atoms with Crippen molar-refractivity contribution in [2.75, 3.05) is 19.6 Å². The maximum atomic E-state index is 13.2. The molecule has 0 N–H and O–H groups in total. The molecule has 3 aromatic carbocycles. The van der Waals surface area contributed by atoms with Crippen molar-refractivity contribution in [3.8, 4) is 28.7 Å². The number of nitriles is 1. The van der Waals surface area contributed by atoms with Gasteiger partial charge in [-0.3, -0.25) is 9.69 Å². The van der Waals surface area contributed by atoms with Crippen molar-refractivity contribution in [2.24, 2.45) is 0 Å². The van der Waals surface area contributed by atoms with Gasteiger partial charge in [0.15, 0.2) is 0 Å². The van der Waals surface area contributed by atoms with Crippen molar-refractivity contribution >= 4 is 5.91 Å². The lowest BCUT2D eigenvalue weighted by molar-refractivity contribution is -0.136. The minimum Gasteiger partial charge on any atom is -0.456 e. The van der Waals surface area contributed by atoms with Crippen LogP contribution in [0.4, 0.5) is 0 Å². The summed E-state index contributed by atoms with van der Waals surface area (Å²) in [6, 6.07) is 24.1. The Morgan fingerprint density at radius 1 is 0.946 bits per heavy atom. The number of rotatable bonds is 1. The summed E-state index contributed by atoms with van der Waals surface area (Å²) >= 11 is 0. The lowest BCUT2D eigenvalue weighted by Gasteiger charge is -2.35. The zero-order valence-corrected chi connectivity index (χ0v) is 20.7. The van der Waals surface area contributed by atoms with Crippen LogP contribution in [0, 0.1) is 18.3 Å². The zero-order chi connectivity index (χ0) is 25.4. The summed E-state index contributed by atoms with van der Waals surface area (Å²) in [6.07, 6.45) is 1.90. The number of hydrogen-bond donors (Lipinski definition) is 0. The van der Waals surface area contributed by atoms with Crippen LogP contribution in [-0.4, -0.2) is 44.9 Å². The predicted molar refractivity (Wildman–Crippen MR) is 140 cm³/mol. The van der Waals surface area contributed by atoms with Gasteiger partial charge in [-0.05, 0) is 53.4 Å². The molecule has 0 saturated carbocycles. The van der Waals surface area contributed by atoms with Crippen LogP contribution in [0.15, 0.2) is 72.9 Å². The highest BCUT2D eigenvalue weighted by molar-refractivity contribution is 5.79. The second kappa shape index (κ2) is 9.57. The molecule has 1 amide bonds. The second-order valence-electron chi connectivity index (χ2n) is 9.64. The van der Waals surface area contributed by atoms with Gasteiger partial charge in [0, 0.05) is 38.9 Å². The summed E-state index contributed by atoms with van der Waals surface area (Å²) in [5.74, 6) is 2.19. The van der Waals surface area contributed by atoms with E-state index >= 15 is 0 Å². The predicted octanol–water partition coefficient (Wildman–Crippen LogP) is 4.73. The highest BCUT2D eigenvalue weighted by Crippen LogP contribution is 2.33. The highest BCUT2D eigenvalue weighted by atomic mass is 16.5. The van der Waals surface area contributed by atoms with Gasteiger partial charge in [-0.1, -0.05) is 42.5 Å². The third-order valence-corrected chi connectivity index (χ3v) is 7.18. The molecule has 0 spiro atoms. The maximum absolute atomic E-state index is 13.2. The highest BCUT2D eigenvalue weighted by Gasteiger charge is 2.26. The monoisotopic (exact) mass is 489 g/mol. The number of aromatic nitrogens is 2. The first-order chi connectivity index (χ1) is 18.1. The van der Waals surface area contributed by atoms with E-state index in [1.165, 1.54) is 0 Å². The SMILES string of the molecule is Cc1ncc2n1Cc1ccc(C#N)c(c1)Oc1ccc(-c3ccccc3)c(c1)CN1CCN(CC1=O)C2. The van der Waals surface area contributed by atoms with Crippen LogP contribution >= 0.6 is 0 Å². The first-order valence-electron chi connectivity index (χ1n) is 12.5. The molecule has 3 aliphatic heterocycles. The van der Waals surface area contributed by atoms with Gasteiger partial charge in [-0.15, -0.1) is 0 Å². The third-order valence-electron chi connectivity index (χ3n) is 7.18. The van der Waals surface area contributed by atoms with Crippen LogP contribution in [0.5, 0.6) is 11.5 Å². The summed E-state index contributed by atoms with van der Waals surface area (Å²) in [4.78, 5) is 21.9. The summed E-state index contributed by atoms with van der Waals surface area (Å²) < 4.78 is 8.49. The van der Waals surface area contributed by atoms with E-state index in [9.17, 15) is 10.1 Å². The van der Waals surface area contributed by atoms with Crippen molar-refractivity contribution in [1.29, 1.82) is 5.26 Å². The molecule has 1 aromatic heterocycles. The van der Waals surface area contributed by atoms with Crippen LogP contribution in [0.2, 0.25) is 0 Å². The molecule has 3 aliphatic rings. The number of imidazole rings is 1. The first kappa shape index (κ1) is 23.0. The van der Waals surface area contributed by atoms with Crippen LogP contribution in [0.3, 0.4) is 0 Å². The van der Waals surface area contributed by atoms with E-state index in [-0.39, 0.29) is 5.91 Å². The smallest absolute Gasteiger partial charge is 0.237 e. The molecule has 1 saturated heterocycles. The molecular weight excluding hydrogens is 462 g/mol. The van der Waals surface area contributed by atoms with Crippen molar-refractivity contribution in [3.05, 3.63) is 101 Å². The van der Waals surface area contributed by atoms with Crippen LogP contribution in [-0.2, 0) is 24.4 Å². The van der Waals surface area contributed by atoms with E-state index in [0.29, 0.717) is 49.8 Å². The summed E-state index contributed by atoms with van der Waals surface area (Å²) in [7, 11) is 0. The Balaban J connectivity index is 1.47. The molecule has 7 nitrogen and oxygen atoms in total. The molecule has 4 aromatic rings. The average molecular weight is 490 g/mol. The Morgan fingerprint density at radius 3 is 2.62 bits per heavy atom. The number of ether oxygens (including phenoxy) is 1. The van der Waals surface area contributed by atoms with Gasteiger partial charge in [0.25, 0.3) is 0 Å². The van der Waals surface area contributed by atoms with E-state index in [4.69, 9.17) is 4.74 Å². The Kier molecular flexibility index (Phi) is 5.95. The quantitative estimate of drug-likeness (QED) is 0.387. The molecule has 6 bridgehead atoms. The molecule has 37 heavy (non-hydrogen) atoms. The van der Waals surface area contributed by atoms with Crippen LogP contribution < -0.4 is 4.74 Å². The molecule has 1 atom stereocenters. The number of piperazine rings is 1. The third kappa shape index (κ3) is 4.59. The van der Waals surface area contributed by atoms with Crippen LogP contribution in [0.25, 0.3) is 11.1 Å². The number of aryl methyl sites for hydroxylation is 1. The summed E-state index contributed by atoms with van der Waals surface area (Å²) in [5, 5.41) is 9.75.